The van der Waals surface area contributed by atoms with Crippen molar-refractivity contribution >= 4 is 21.6 Å². The van der Waals surface area contributed by atoms with E-state index in [9.17, 15) is 13.2 Å². The molecule has 2 aromatic carbocycles. The molecule has 1 unspecified atom stereocenters. The van der Waals surface area contributed by atoms with E-state index in [1.807, 2.05) is 30.3 Å². The summed E-state index contributed by atoms with van der Waals surface area (Å²) in [6.07, 6.45) is 1.92. The second kappa shape index (κ2) is 7.60. The maximum absolute atomic E-state index is 12.9. The number of hydrogen-bond acceptors (Lipinski definition) is 3. The SMILES string of the molecule is CC1CCCN(S(=O)(=O)c2cccc(C(=O)N(C)c3ccccc3)c2)C1. The minimum absolute atomic E-state index is 0.180. The van der Waals surface area contributed by atoms with Crippen molar-refractivity contribution in [2.24, 2.45) is 5.92 Å². The van der Waals surface area contributed by atoms with Crippen molar-refractivity contribution in [3.05, 3.63) is 60.2 Å². The molecule has 1 aliphatic heterocycles. The highest BCUT2D eigenvalue weighted by Gasteiger charge is 2.29. The van der Waals surface area contributed by atoms with Crippen LogP contribution in [0.15, 0.2) is 59.5 Å². The van der Waals surface area contributed by atoms with Gasteiger partial charge in [0, 0.05) is 31.4 Å². The highest BCUT2D eigenvalue weighted by molar-refractivity contribution is 7.89. The third kappa shape index (κ3) is 3.81. The molecular weight excluding hydrogens is 348 g/mol. The molecule has 1 heterocycles. The van der Waals surface area contributed by atoms with Crippen LogP contribution in [-0.2, 0) is 10.0 Å². The molecule has 138 valence electrons. The van der Waals surface area contributed by atoms with Gasteiger partial charge in [0.15, 0.2) is 0 Å². The predicted octanol–water partition coefficient (Wildman–Crippen LogP) is 3.38. The van der Waals surface area contributed by atoms with Gasteiger partial charge < -0.3 is 4.90 Å². The van der Waals surface area contributed by atoms with E-state index in [-0.39, 0.29) is 10.8 Å². The van der Waals surface area contributed by atoms with E-state index in [0.29, 0.717) is 24.6 Å². The normalized spacial score (nSPS) is 18.5. The van der Waals surface area contributed by atoms with Gasteiger partial charge in [0.1, 0.15) is 0 Å². The third-order valence-electron chi connectivity index (χ3n) is 4.79. The first-order chi connectivity index (χ1) is 12.4. The van der Waals surface area contributed by atoms with Crippen molar-refractivity contribution in [2.45, 2.75) is 24.7 Å². The number of nitrogens with zero attached hydrogens (tertiary/aromatic N) is 2. The van der Waals surface area contributed by atoms with Gasteiger partial charge in [0.05, 0.1) is 4.90 Å². The molecular formula is C20H24N2O3S. The molecule has 0 radical (unpaired) electrons. The van der Waals surface area contributed by atoms with E-state index >= 15 is 0 Å². The van der Waals surface area contributed by atoms with E-state index in [2.05, 4.69) is 6.92 Å². The van der Waals surface area contributed by atoms with Gasteiger partial charge in [0.2, 0.25) is 10.0 Å². The van der Waals surface area contributed by atoms with Crippen LogP contribution in [0.3, 0.4) is 0 Å². The Hall–Kier alpha value is -2.18. The lowest BCUT2D eigenvalue weighted by Gasteiger charge is -2.30. The van der Waals surface area contributed by atoms with Gasteiger partial charge in [0.25, 0.3) is 5.91 Å². The summed E-state index contributed by atoms with van der Waals surface area (Å²) >= 11 is 0. The summed E-state index contributed by atoms with van der Waals surface area (Å²) in [5.41, 5.74) is 1.12. The lowest BCUT2D eigenvalue weighted by Crippen LogP contribution is -2.39. The second-order valence-electron chi connectivity index (χ2n) is 6.84. The molecule has 0 bridgehead atoms. The Bertz CT molecular complexity index is 881. The van der Waals surface area contributed by atoms with Crippen molar-refractivity contribution in [1.82, 2.24) is 4.31 Å². The first-order valence-corrected chi connectivity index (χ1v) is 10.3. The summed E-state index contributed by atoms with van der Waals surface area (Å²) < 4.78 is 27.4. The average molecular weight is 372 g/mol. The van der Waals surface area contributed by atoms with Crippen molar-refractivity contribution in [2.75, 3.05) is 25.0 Å². The molecule has 0 N–H and O–H groups in total. The van der Waals surface area contributed by atoms with Crippen LogP contribution in [0.5, 0.6) is 0 Å². The molecule has 1 atom stereocenters. The van der Waals surface area contributed by atoms with Crippen LogP contribution in [0.2, 0.25) is 0 Å². The van der Waals surface area contributed by atoms with Crippen LogP contribution in [0.25, 0.3) is 0 Å². The van der Waals surface area contributed by atoms with E-state index in [1.54, 1.807) is 25.2 Å². The molecule has 1 aliphatic rings. The number of carbonyl (C=O) groups excluding carboxylic acids is 1. The Morgan fingerprint density at radius 1 is 1.12 bits per heavy atom. The molecule has 3 rings (SSSR count). The number of sulfonamides is 1. The number of anilines is 1. The topological polar surface area (TPSA) is 57.7 Å². The zero-order chi connectivity index (χ0) is 18.7. The van der Waals surface area contributed by atoms with Crippen LogP contribution >= 0.6 is 0 Å². The highest BCUT2D eigenvalue weighted by Crippen LogP contribution is 2.24. The number of hydrogen-bond donors (Lipinski definition) is 0. The fraction of sp³-hybridized carbons (Fsp3) is 0.350. The summed E-state index contributed by atoms with van der Waals surface area (Å²) in [5, 5.41) is 0. The zero-order valence-corrected chi connectivity index (χ0v) is 15.9. The molecule has 1 fully saturated rings. The van der Waals surface area contributed by atoms with E-state index in [1.165, 1.54) is 15.3 Å². The van der Waals surface area contributed by atoms with Crippen molar-refractivity contribution in [3.63, 3.8) is 0 Å². The minimum Gasteiger partial charge on any atom is -0.311 e. The van der Waals surface area contributed by atoms with Crippen LogP contribution in [0, 0.1) is 5.92 Å². The van der Waals surface area contributed by atoms with Crippen molar-refractivity contribution in [1.29, 1.82) is 0 Å². The van der Waals surface area contributed by atoms with Gasteiger partial charge in [-0.25, -0.2) is 8.42 Å². The average Bonchev–Trinajstić information content (AvgIpc) is 2.67. The Balaban J connectivity index is 1.87. The Morgan fingerprint density at radius 2 is 1.85 bits per heavy atom. The third-order valence-corrected chi connectivity index (χ3v) is 6.65. The molecule has 0 spiro atoms. The van der Waals surface area contributed by atoms with Gasteiger partial charge in [-0.3, -0.25) is 4.79 Å². The monoisotopic (exact) mass is 372 g/mol. The molecule has 5 nitrogen and oxygen atoms in total. The van der Waals surface area contributed by atoms with E-state index in [4.69, 9.17) is 0 Å². The number of carbonyl (C=O) groups is 1. The first kappa shape index (κ1) is 18.6. The molecule has 0 aromatic heterocycles. The number of para-hydroxylation sites is 1. The molecule has 26 heavy (non-hydrogen) atoms. The first-order valence-electron chi connectivity index (χ1n) is 8.83. The van der Waals surface area contributed by atoms with Gasteiger partial charge in [-0.15, -0.1) is 0 Å². The van der Waals surface area contributed by atoms with E-state index < -0.39 is 10.0 Å². The van der Waals surface area contributed by atoms with Gasteiger partial charge in [-0.05, 0) is 49.1 Å². The summed E-state index contributed by atoms with van der Waals surface area (Å²) in [4.78, 5) is 14.5. The maximum atomic E-state index is 12.9. The van der Waals surface area contributed by atoms with E-state index in [0.717, 1.165) is 18.5 Å². The standard InChI is InChI=1S/C20H24N2O3S/c1-16-8-7-13-22(15-16)26(24,25)19-12-6-9-17(14-19)20(23)21(2)18-10-4-3-5-11-18/h3-6,9-12,14,16H,7-8,13,15H2,1-2H3. The molecule has 1 saturated heterocycles. The molecule has 0 saturated carbocycles. The van der Waals surface area contributed by atoms with Crippen LogP contribution in [-0.4, -0.2) is 38.8 Å². The maximum Gasteiger partial charge on any atom is 0.258 e. The van der Waals surface area contributed by atoms with Crippen molar-refractivity contribution < 1.29 is 13.2 Å². The van der Waals surface area contributed by atoms with Crippen LogP contribution < -0.4 is 4.90 Å². The number of piperidine rings is 1. The van der Waals surface area contributed by atoms with Crippen LogP contribution in [0.4, 0.5) is 5.69 Å². The van der Waals surface area contributed by atoms with Gasteiger partial charge >= 0.3 is 0 Å². The molecule has 2 aromatic rings. The Kier molecular flexibility index (Phi) is 5.44. The summed E-state index contributed by atoms with van der Waals surface area (Å²) in [5.74, 6) is 0.118. The zero-order valence-electron chi connectivity index (χ0n) is 15.1. The minimum atomic E-state index is -3.58. The van der Waals surface area contributed by atoms with Crippen molar-refractivity contribution in [3.8, 4) is 0 Å². The lowest BCUT2D eigenvalue weighted by molar-refractivity contribution is 0.0993. The fourth-order valence-electron chi connectivity index (χ4n) is 3.27. The summed E-state index contributed by atoms with van der Waals surface area (Å²) in [6, 6.07) is 15.6. The Morgan fingerprint density at radius 3 is 2.54 bits per heavy atom. The Labute approximate surface area is 155 Å². The van der Waals surface area contributed by atoms with Gasteiger partial charge in [-0.1, -0.05) is 31.2 Å². The van der Waals surface area contributed by atoms with Crippen LogP contribution in [0.1, 0.15) is 30.1 Å². The smallest absolute Gasteiger partial charge is 0.258 e. The predicted molar refractivity (Wildman–Crippen MR) is 103 cm³/mol. The molecule has 0 aliphatic carbocycles. The highest BCUT2D eigenvalue weighted by atomic mass is 32.2. The second-order valence-corrected chi connectivity index (χ2v) is 8.78. The quantitative estimate of drug-likeness (QED) is 0.827. The summed E-state index contributed by atoms with van der Waals surface area (Å²) in [7, 11) is -1.89. The number of rotatable bonds is 4. The largest absolute Gasteiger partial charge is 0.311 e. The number of benzene rings is 2. The molecule has 1 amide bonds. The number of amides is 1. The fourth-order valence-corrected chi connectivity index (χ4v) is 4.91. The lowest BCUT2D eigenvalue weighted by atomic mass is 10.0. The van der Waals surface area contributed by atoms with Gasteiger partial charge in [-0.2, -0.15) is 4.31 Å². The summed E-state index contributed by atoms with van der Waals surface area (Å²) in [6.45, 7) is 3.13. The molecule has 6 heteroatoms.